The molecule has 1 aliphatic carbocycles. The van der Waals surface area contributed by atoms with Gasteiger partial charge in [-0.1, -0.05) is 6.92 Å². The molecule has 1 saturated heterocycles. The van der Waals surface area contributed by atoms with Gasteiger partial charge in [0.2, 0.25) is 0 Å². The van der Waals surface area contributed by atoms with Crippen LogP contribution >= 0.6 is 0 Å². The quantitative estimate of drug-likeness (QED) is 0.766. The van der Waals surface area contributed by atoms with Crippen LogP contribution in [-0.2, 0) is 4.79 Å². The van der Waals surface area contributed by atoms with Gasteiger partial charge in [-0.25, -0.2) is 0 Å². The largest absolute Gasteiger partial charge is 0.480 e. The Morgan fingerprint density at radius 3 is 2.63 bits per heavy atom. The predicted octanol–water partition coefficient (Wildman–Crippen LogP) is 0.609. The van der Waals surface area contributed by atoms with Gasteiger partial charge in [0.25, 0.3) is 0 Å². The maximum atomic E-state index is 11.6. The highest BCUT2D eigenvalue weighted by molar-refractivity contribution is 5.79. The highest BCUT2D eigenvalue weighted by atomic mass is 16.4. The standard InChI is InChI=1S/C14H27N3O2/c1-3-6-15-14(13(18)19)5-4-12(11-14)17-9-7-16(2)8-10-17/h12,15H,3-11H2,1-2H3,(H,18,19). The van der Waals surface area contributed by atoms with Crippen molar-refractivity contribution < 1.29 is 9.90 Å². The van der Waals surface area contributed by atoms with E-state index in [0.717, 1.165) is 58.4 Å². The first-order valence-corrected chi connectivity index (χ1v) is 7.48. The van der Waals surface area contributed by atoms with Crippen molar-refractivity contribution in [3.63, 3.8) is 0 Å². The lowest BCUT2D eigenvalue weighted by Crippen LogP contribution is -2.53. The summed E-state index contributed by atoms with van der Waals surface area (Å²) in [4.78, 5) is 16.4. The van der Waals surface area contributed by atoms with Crippen molar-refractivity contribution in [1.82, 2.24) is 15.1 Å². The van der Waals surface area contributed by atoms with Gasteiger partial charge >= 0.3 is 5.97 Å². The number of carbonyl (C=O) groups is 1. The van der Waals surface area contributed by atoms with Gasteiger partial charge in [0.1, 0.15) is 5.54 Å². The van der Waals surface area contributed by atoms with Crippen molar-refractivity contribution in [1.29, 1.82) is 0 Å². The van der Waals surface area contributed by atoms with Gasteiger partial charge in [0.15, 0.2) is 0 Å². The summed E-state index contributed by atoms with van der Waals surface area (Å²) in [5.41, 5.74) is -0.677. The van der Waals surface area contributed by atoms with Crippen molar-refractivity contribution in [3.8, 4) is 0 Å². The number of carboxylic acid groups (broad SMARTS) is 1. The molecule has 19 heavy (non-hydrogen) atoms. The minimum Gasteiger partial charge on any atom is -0.480 e. The van der Waals surface area contributed by atoms with Crippen molar-refractivity contribution in [2.24, 2.45) is 0 Å². The zero-order valence-electron chi connectivity index (χ0n) is 12.2. The van der Waals surface area contributed by atoms with E-state index in [0.29, 0.717) is 6.04 Å². The number of likely N-dealkylation sites (N-methyl/N-ethyl adjacent to an activating group) is 1. The highest BCUT2D eigenvalue weighted by Gasteiger charge is 2.46. The van der Waals surface area contributed by atoms with E-state index in [9.17, 15) is 9.90 Å². The first kappa shape index (κ1) is 14.8. The predicted molar refractivity (Wildman–Crippen MR) is 75.4 cm³/mol. The smallest absolute Gasteiger partial charge is 0.323 e. The van der Waals surface area contributed by atoms with E-state index in [2.05, 4.69) is 29.1 Å². The van der Waals surface area contributed by atoms with E-state index in [4.69, 9.17) is 0 Å². The molecule has 2 rings (SSSR count). The average Bonchev–Trinajstić information content (AvgIpc) is 2.83. The second-order valence-electron chi connectivity index (χ2n) is 6.05. The van der Waals surface area contributed by atoms with E-state index >= 15 is 0 Å². The number of aliphatic carboxylic acids is 1. The minimum atomic E-state index is -0.677. The lowest BCUT2D eigenvalue weighted by atomic mass is 9.97. The van der Waals surface area contributed by atoms with Crippen LogP contribution in [-0.4, -0.2) is 72.2 Å². The molecular formula is C14H27N3O2. The zero-order chi connectivity index (χ0) is 13.9. The molecule has 0 bridgehead atoms. The lowest BCUT2D eigenvalue weighted by Gasteiger charge is -2.37. The molecule has 5 nitrogen and oxygen atoms in total. The van der Waals surface area contributed by atoms with Crippen LogP contribution in [0.4, 0.5) is 0 Å². The first-order valence-electron chi connectivity index (χ1n) is 7.48. The van der Waals surface area contributed by atoms with Gasteiger partial charge < -0.3 is 15.3 Å². The molecule has 1 aliphatic heterocycles. The fourth-order valence-electron chi connectivity index (χ4n) is 3.31. The molecular weight excluding hydrogens is 242 g/mol. The summed E-state index contributed by atoms with van der Waals surface area (Å²) in [6.07, 6.45) is 3.51. The number of hydrogen-bond acceptors (Lipinski definition) is 4. The third-order valence-electron chi connectivity index (χ3n) is 4.67. The second-order valence-corrected chi connectivity index (χ2v) is 6.05. The molecule has 110 valence electrons. The molecule has 2 N–H and O–H groups in total. The number of nitrogens with one attached hydrogen (secondary N) is 1. The Kier molecular flexibility index (Phi) is 4.81. The third-order valence-corrected chi connectivity index (χ3v) is 4.67. The van der Waals surface area contributed by atoms with Crippen LogP contribution in [0.15, 0.2) is 0 Å². The van der Waals surface area contributed by atoms with E-state index in [1.54, 1.807) is 0 Å². The van der Waals surface area contributed by atoms with Crippen molar-refractivity contribution >= 4 is 5.97 Å². The molecule has 0 aromatic heterocycles. The average molecular weight is 269 g/mol. The Labute approximate surface area is 115 Å². The summed E-state index contributed by atoms with van der Waals surface area (Å²) in [6.45, 7) is 7.21. The van der Waals surface area contributed by atoms with Gasteiger partial charge in [-0.3, -0.25) is 9.69 Å². The van der Waals surface area contributed by atoms with Crippen molar-refractivity contribution in [2.75, 3.05) is 39.8 Å². The SMILES string of the molecule is CCCNC1(C(=O)O)CCC(N2CCN(C)CC2)C1. The molecule has 0 radical (unpaired) electrons. The number of piperazine rings is 1. The van der Waals surface area contributed by atoms with Crippen molar-refractivity contribution in [3.05, 3.63) is 0 Å². The van der Waals surface area contributed by atoms with Gasteiger partial charge in [0, 0.05) is 32.2 Å². The molecule has 2 unspecified atom stereocenters. The van der Waals surface area contributed by atoms with Crippen LogP contribution in [0.5, 0.6) is 0 Å². The number of hydrogen-bond donors (Lipinski definition) is 2. The summed E-state index contributed by atoms with van der Waals surface area (Å²) in [5.74, 6) is -0.669. The molecule has 2 fully saturated rings. The molecule has 0 spiro atoms. The Morgan fingerprint density at radius 2 is 2.05 bits per heavy atom. The number of carboxylic acids is 1. The molecule has 5 heteroatoms. The lowest BCUT2D eigenvalue weighted by molar-refractivity contribution is -0.144. The Morgan fingerprint density at radius 1 is 1.37 bits per heavy atom. The minimum absolute atomic E-state index is 0.439. The monoisotopic (exact) mass is 269 g/mol. The normalized spacial score (nSPS) is 33.7. The Balaban J connectivity index is 1.94. The molecule has 0 amide bonds. The van der Waals surface area contributed by atoms with Gasteiger partial charge in [0.05, 0.1) is 0 Å². The van der Waals surface area contributed by atoms with Crippen molar-refractivity contribution in [2.45, 2.75) is 44.2 Å². The molecule has 1 saturated carbocycles. The Bertz CT molecular complexity index is 316. The van der Waals surface area contributed by atoms with Crippen LogP contribution in [0, 0.1) is 0 Å². The molecule has 0 aromatic rings. The maximum absolute atomic E-state index is 11.6. The third kappa shape index (κ3) is 3.27. The summed E-state index contributed by atoms with van der Waals surface area (Å²) < 4.78 is 0. The topological polar surface area (TPSA) is 55.8 Å². The maximum Gasteiger partial charge on any atom is 0.323 e. The van der Waals surface area contributed by atoms with Crippen LogP contribution in [0.1, 0.15) is 32.6 Å². The number of nitrogens with zero attached hydrogens (tertiary/aromatic N) is 2. The fourth-order valence-corrected chi connectivity index (χ4v) is 3.31. The molecule has 0 aromatic carbocycles. The van der Waals surface area contributed by atoms with E-state index in [1.165, 1.54) is 0 Å². The van der Waals surface area contributed by atoms with Crippen LogP contribution in [0.2, 0.25) is 0 Å². The summed E-state index contributed by atoms with van der Waals surface area (Å²) in [5, 5.41) is 12.8. The number of rotatable bonds is 5. The van der Waals surface area contributed by atoms with E-state index in [-0.39, 0.29) is 0 Å². The van der Waals surface area contributed by atoms with Gasteiger partial charge in [-0.2, -0.15) is 0 Å². The molecule has 2 atom stereocenters. The fraction of sp³-hybridized carbons (Fsp3) is 0.929. The molecule has 2 aliphatic rings. The molecule has 1 heterocycles. The van der Waals surface area contributed by atoms with Crippen LogP contribution < -0.4 is 5.32 Å². The zero-order valence-corrected chi connectivity index (χ0v) is 12.2. The second kappa shape index (κ2) is 6.20. The van der Waals surface area contributed by atoms with Crippen LogP contribution in [0.25, 0.3) is 0 Å². The summed E-state index contributed by atoms with van der Waals surface area (Å²) in [7, 11) is 2.15. The van der Waals surface area contributed by atoms with Crippen LogP contribution in [0.3, 0.4) is 0 Å². The first-order chi connectivity index (χ1) is 9.07. The summed E-state index contributed by atoms with van der Waals surface area (Å²) in [6, 6.07) is 0.439. The van der Waals surface area contributed by atoms with Gasteiger partial charge in [-0.05, 0) is 39.3 Å². The van der Waals surface area contributed by atoms with E-state index < -0.39 is 11.5 Å². The van der Waals surface area contributed by atoms with Gasteiger partial charge in [-0.15, -0.1) is 0 Å². The summed E-state index contributed by atoms with van der Waals surface area (Å²) >= 11 is 0. The van der Waals surface area contributed by atoms with E-state index in [1.807, 2.05) is 0 Å². The Hall–Kier alpha value is -0.650. The highest BCUT2D eigenvalue weighted by Crippen LogP contribution is 2.34.